The summed E-state index contributed by atoms with van der Waals surface area (Å²) in [5.41, 5.74) is 2.89. The summed E-state index contributed by atoms with van der Waals surface area (Å²) in [6.07, 6.45) is 10.4. The zero-order chi connectivity index (χ0) is 18.0. The molecule has 0 bridgehead atoms. The lowest BCUT2D eigenvalue weighted by Crippen LogP contribution is -2.52. The van der Waals surface area contributed by atoms with Gasteiger partial charge in [-0.05, 0) is 32.1 Å². The van der Waals surface area contributed by atoms with Gasteiger partial charge in [-0.3, -0.25) is 4.90 Å². The van der Waals surface area contributed by atoms with E-state index in [9.17, 15) is 4.79 Å². The van der Waals surface area contributed by atoms with E-state index in [1.165, 1.54) is 18.4 Å². The first-order valence-corrected chi connectivity index (χ1v) is 10.6. The van der Waals surface area contributed by atoms with E-state index in [2.05, 4.69) is 36.0 Å². The van der Waals surface area contributed by atoms with Crippen molar-refractivity contribution in [2.24, 2.45) is 0 Å². The molecule has 0 aromatic carbocycles. The van der Waals surface area contributed by atoms with E-state index in [0.29, 0.717) is 6.04 Å². The number of piperidine rings is 1. The predicted molar refractivity (Wildman–Crippen MR) is 104 cm³/mol. The lowest BCUT2D eigenvalue weighted by atomic mass is 9.67. The van der Waals surface area contributed by atoms with E-state index in [1.54, 1.807) is 17.8 Å². The maximum Gasteiger partial charge on any atom is 0.332 e. The van der Waals surface area contributed by atoms with Crippen molar-refractivity contribution in [1.82, 2.24) is 4.90 Å². The van der Waals surface area contributed by atoms with Crippen LogP contribution < -0.4 is 0 Å². The van der Waals surface area contributed by atoms with Crippen molar-refractivity contribution in [2.45, 2.75) is 58.1 Å². The molecular formula is C21H27NO2S. The molecule has 3 heterocycles. The van der Waals surface area contributed by atoms with Gasteiger partial charge in [-0.2, -0.15) is 0 Å². The molecule has 1 spiro atoms. The molecule has 4 heteroatoms. The number of fused-ring (bicyclic) bond motifs is 1. The van der Waals surface area contributed by atoms with Crippen LogP contribution >= 0.6 is 11.8 Å². The second-order valence-electron chi connectivity index (χ2n) is 6.48. The molecule has 4 rings (SSSR count). The van der Waals surface area contributed by atoms with Crippen molar-refractivity contribution in [3.05, 3.63) is 33.8 Å². The van der Waals surface area contributed by atoms with Crippen LogP contribution in [0.3, 0.4) is 0 Å². The quantitative estimate of drug-likeness (QED) is 0.550. The summed E-state index contributed by atoms with van der Waals surface area (Å²) in [4.78, 5) is 15.5. The molecule has 0 amide bonds. The van der Waals surface area contributed by atoms with Gasteiger partial charge in [0.1, 0.15) is 0 Å². The average molecular weight is 358 g/mol. The van der Waals surface area contributed by atoms with Crippen molar-refractivity contribution < 1.29 is 9.53 Å². The molecule has 0 radical (unpaired) electrons. The third-order valence-electron chi connectivity index (χ3n) is 5.31. The summed E-state index contributed by atoms with van der Waals surface area (Å²) in [6, 6.07) is 0.334. The minimum atomic E-state index is -0.449. The summed E-state index contributed by atoms with van der Waals surface area (Å²) < 4.78 is 5.83. The van der Waals surface area contributed by atoms with Crippen LogP contribution in [0.25, 0.3) is 0 Å². The molecule has 25 heavy (non-hydrogen) atoms. The first kappa shape index (κ1) is 18.4. The van der Waals surface area contributed by atoms with Gasteiger partial charge < -0.3 is 4.74 Å². The van der Waals surface area contributed by atoms with E-state index >= 15 is 0 Å². The number of hydrogen-bond acceptors (Lipinski definition) is 4. The van der Waals surface area contributed by atoms with Gasteiger partial charge >= 0.3 is 5.97 Å². The Labute approximate surface area is 155 Å². The Morgan fingerprint density at radius 2 is 2.28 bits per heavy atom. The zero-order valence-electron chi connectivity index (χ0n) is 15.6. The van der Waals surface area contributed by atoms with Gasteiger partial charge in [0, 0.05) is 29.3 Å². The smallest absolute Gasteiger partial charge is 0.332 e. The van der Waals surface area contributed by atoms with Gasteiger partial charge in [0.25, 0.3) is 0 Å². The van der Waals surface area contributed by atoms with E-state index < -0.39 is 5.60 Å². The standard InChI is InChI=1S/C19H21NO2S.C2H6/c1-3-6-13(23-2)8-9-14-15-11-18(21)22-19(15)16(14)12-20-10-5-4-7-17(19)20;1-2/h6,11,17H,3-5,7,10,12H2,1-2H3;1-2H3/b13-6-;/t17?,19-;/m1./s1. The fraction of sp³-hybridized carbons (Fsp3) is 0.571. The number of thioether (sulfide) groups is 1. The van der Waals surface area contributed by atoms with Gasteiger partial charge in [-0.1, -0.05) is 45.1 Å². The molecule has 4 aliphatic rings. The first-order chi connectivity index (χ1) is 12.2. The number of allylic oxidation sites excluding steroid dienone is 2. The number of carbonyl (C=O) groups is 1. The lowest BCUT2D eigenvalue weighted by Gasteiger charge is -2.43. The number of ether oxygens (including phenoxy) is 1. The Kier molecular flexibility index (Phi) is 5.46. The molecule has 1 aliphatic carbocycles. The third kappa shape index (κ3) is 2.78. The Morgan fingerprint density at radius 3 is 3.00 bits per heavy atom. The number of nitrogens with zero attached hydrogens (tertiary/aromatic N) is 1. The molecule has 134 valence electrons. The normalized spacial score (nSPS) is 29.9. The van der Waals surface area contributed by atoms with Gasteiger partial charge in [-0.25, -0.2) is 4.79 Å². The van der Waals surface area contributed by atoms with Crippen molar-refractivity contribution in [2.75, 3.05) is 19.3 Å². The monoisotopic (exact) mass is 357 g/mol. The molecule has 3 nitrogen and oxygen atoms in total. The summed E-state index contributed by atoms with van der Waals surface area (Å²) in [7, 11) is 0. The molecule has 0 aromatic rings. The highest BCUT2D eigenvalue weighted by Gasteiger charge is 2.66. The number of hydrogen-bond donors (Lipinski definition) is 0. The van der Waals surface area contributed by atoms with Crippen LogP contribution in [0.5, 0.6) is 0 Å². The molecule has 2 saturated heterocycles. The molecular weight excluding hydrogens is 330 g/mol. The fourth-order valence-corrected chi connectivity index (χ4v) is 4.85. The SMILES string of the molecule is CC.CC/C=C(/C#CC1=C2CN3CCCCC3[C@]23OC(=O)C=C13)SC. The highest BCUT2D eigenvalue weighted by molar-refractivity contribution is 8.02. The van der Waals surface area contributed by atoms with Crippen molar-refractivity contribution >= 4 is 17.7 Å². The van der Waals surface area contributed by atoms with Crippen LogP contribution in [-0.2, 0) is 9.53 Å². The number of carbonyl (C=O) groups excluding carboxylic acids is 1. The first-order valence-electron chi connectivity index (χ1n) is 9.40. The van der Waals surface area contributed by atoms with E-state index in [4.69, 9.17) is 4.74 Å². The lowest BCUT2D eigenvalue weighted by molar-refractivity contribution is -0.146. The summed E-state index contributed by atoms with van der Waals surface area (Å²) >= 11 is 1.68. The Hall–Kier alpha value is -1.44. The molecule has 0 N–H and O–H groups in total. The Bertz CT molecular complexity index is 722. The highest BCUT2D eigenvalue weighted by Crippen LogP contribution is 2.58. The summed E-state index contributed by atoms with van der Waals surface area (Å²) in [6.45, 7) is 8.13. The molecule has 0 saturated carbocycles. The van der Waals surface area contributed by atoms with Crippen LogP contribution in [0.2, 0.25) is 0 Å². The van der Waals surface area contributed by atoms with Crippen molar-refractivity contribution in [3.8, 4) is 11.8 Å². The number of rotatable bonds is 2. The van der Waals surface area contributed by atoms with Crippen LogP contribution in [0, 0.1) is 11.8 Å². The Balaban J connectivity index is 0.000000880. The van der Waals surface area contributed by atoms with E-state index in [0.717, 1.165) is 42.0 Å². The maximum atomic E-state index is 12.0. The summed E-state index contributed by atoms with van der Waals surface area (Å²) in [5.74, 6) is 6.42. The van der Waals surface area contributed by atoms with Crippen molar-refractivity contribution in [1.29, 1.82) is 0 Å². The molecule has 2 fully saturated rings. The molecule has 3 aliphatic heterocycles. The van der Waals surface area contributed by atoms with Crippen molar-refractivity contribution in [3.63, 3.8) is 0 Å². The third-order valence-corrected chi connectivity index (χ3v) is 6.02. The maximum absolute atomic E-state index is 12.0. The van der Waals surface area contributed by atoms with Crippen LogP contribution in [0.15, 0.2) is 33.8 Å². The molecule has 0 aromatic heterocycles. The summed E-state index contributed by atoms with van der Waals surface area (Å²) in [5, 5.41) is 0. The van der Waals surface area contributed by atoms with E-state index in [1.807, 2.05) is 13.8 Å². The van der Waals surface area contributed by atoms with Gasteiger partial charge in [0.2, 0.25) is 0 Å². The second-order valence-corrected chi connectivity index (χ2v) is 7.33. The topological polar surface area (TPSA) is 29.5 Å². The molecule has 1 unspecified atom stereocenters. The zero-order valence-corrected chi connectivity index (χ0v) is 16.5. The minimum Gasteiger partial charge on any atom is -0.445 e. The number of esters is 1. The predicted octanol–water partition coefficient (Wildman–Crippen LogP) is 4.07. The fourth-order valence-electron chi connectivity index (χ4n) is 4.36. The highest BCUT2D eigenvalue weighted by atomic mass is 32.2. The Morgan fingerprint density at radius 1 is 1.48 bits per heavy atom. The van der Waals surface area contributed by atoms with E-state index in [-0.39, 0.29) is 5.97 Å². The van der Waals surface area contributed by atoms with Crippen LogP contribution in [-0.4, -0.2) is 41.9 Å². The molecule has 2 atom stereocenters. The minimum absolute atomic E-state index is 0.198. The van der Waals surface area contributed by atoms with Gasteiger partial charge in [0.05, 0.1) is 10.9 Å². The van der Waals surface area contributed by atoms with Crippen LogP contribution in [0.1, 0.15) is 46.5 Å². The van der Waals surface area contributed by atoms with Crippen LogP contribution in [0.4, 0.5) is 0 Å². The second kappa shape index (κ2) is 7.43. The van der Waals surface area contributed by atoms with Gasteiger partial charge in [0.15, 0.2) is 5.60 Å². The van der Waals surface area contributed by atoms with Gasteiger partial charge in [-0.15, -0.1) is 11.8 Å². The average Bonchev–Trinajstić information content (AvgIpc) is 3.09. The largest absolute Gasteiger partial charge is 0.445 e.